The monoisotopic (exact) mass is 546 g/mol. The van der Waals surface area contributed by atoms with Crippen LogP contribution in [0.3, 0.4) is 0 Å². The summed E-state index contributed by atoms with van der Waals surface area (Å²) in [6.07, 6.45) is -0.110. The van der Waals surface area contributed by atoms with E-state index in [1.807, 2.05) is 19.1 Å². The highest BCUT2D eigenvalue weighted by Crippen LogP contribution is 2.07. The van der Waals surface area contributed by atoms with E-state index in [0.717, 1.165) is 0 Å². The van der Waals surface area contributed by atoms with Gasteiger partial charge < -0.3 is 29.2 Å². The van der Waals surface area contributed by atoms with Crippen LogP contribution < -0.4 is 0 Å². The van der Waals surface area contributed by atoms with Gasteiger partial charge in [-0.2, -0.15) is 0 Å². The van der Waals surface area contributed by atoms with E-state index in [-0.39, 0.29) is 17.5 Å². The van der Waals surface area contributed by atoms with Crippen molar-refractivity contribution in [3.63, 3.8) is 0 Å². The van der Waals surface area contributed by atoms with Crippen LogP contribution in [-0.2, 0) is 32.0 Å². The normalized spacial score (nSPS) is 20.1. The first-order valence-corrected chi connectivity index (χ1v) is 13.1. The summed E-state index contributed by atoms with van der Waals surface area (Å²) in [4.78, 5) is 35.2. The molecular weight excluding hydrogens is 508 g/mol. The highest BCUT2D eigenvalue weighted by molar-refractivity contribution is 5.85. The van der Waals surface area contributed by atoms with E-state index in [9.17, 15) is 19.8 Å². The molecule has 0 saturated carbocycles. The molecule has 1 unspecified atom stereocenters. The molecular formula is C27H38N4O8. The number of aromatic carboxylic acids is 2. The molecule has 12 heteroatoms. The first-order valence-electron chi connectivity index (χ1n) is 13.1. The predicted molar refractivity (Wildman–Crippen MR) is 141 cm³/mol. The first-order chi connectivity index (χ1) is 18.9. The Balaban J connectivity index is 1.52. The lowest BCUT2D eigenvalue weighted by Gasteiger charge is -2.24. The Kier molecular flexibility index (Phi) is 13.2. The van der Waals surface area contributed by atoms with E-state index in [1.165, 1.54) is 12.1 Å². The molecule has 39 heavy (non-hydrogen) atoms. The minimum Gasteiger partial charge on any atom is -0.477 e. The molecule has 2 aromatic heterocycles. The Morgan fingerprint density at radius 2 is 1.21 bits per heavy atom. The van der Waals surface area contributed by atoms with Gasteiger partial charge >= 0.3 is 11.9 Å². The lowest BCUT2D eigenvalue weighted by atomic mass is 10.3. The average Bonchev–Trinajstić information content (AvgIpc) is 2.92. The van der Waals surface area contributed by atoms with Crippen molar-refractivity contribution < 1.29 is 38.7 Å². The zero-order valence-electron chi connectivity index (χ0n) is 22.4. The van der Waals surface area contributed by atoms with Gasteiger partial charge in [-0.25, -0.2) is 19.6 Å². The third kappa shape index (κ3) is 11.7. The Morgan fingerprint density at radius 3 is 1.69 bits per heavy atom. The molecule has 1 aliphatic rings. The zero-order chi connectivity index (χ0) is 27.9. The van der Waals surface area contributed by atoms with Gasteiger partial charge in [-0.1, -0.05) is 12.1 Å². The fourth-order valence-electron chi connectivity index (χ4n) is 3.95. The number of carbonyl (C=O) groups is 2. The minimum atomic E-state index is -1.05. The van der Waals surface area contributed by atoms with Crippen LogP contribution in [0.25, 0.3) is 0 Å². The number of pyridine rings is 2. The molecule has 0 radical (unpaired) electrons. The smallest absolute Gasteiger partial charge is 0.354 e. The van der Waals surface area contributed by atoms with Crippen molar-refractivity contribution in [1.82, 2.24) is 19.8 Å². The van der Waals surface area contributed by atoms with Gasteiger partial charge in [0.05, 0.1) is 63.7 Å². The fourth-order valence-corrected chi connectivity index (χ4v) is 3.95. The lowest BCUT2D eigenvalue weighted by Crippen LogP contribution is -2.34. The molecule has 214 valence electrons. The van der Waals surface area contributed by atoms with Gasteiger partial charge in [0.25, 0.3) is 0 Å². The predicted octanol–water partition coefficient (Wildman–Crippen LogP) is 1.65. The molecule has 2 aromatic rings. The molecule has 2 N–H and O–H groups in total. The molecule has 3 heterocycles. The number of aromatic nitrogens is 2. The molecule has 3 rings (SSSR count). The van der Waals surface area contributed by atoms with Crippen LogP contribution in [0.5, 0.6) is 0 Å². The van der Waals surface area contributed by atoms with Crippen LogP contribution in [0.1, 0.15) is 39.3 Å². The van der Waals surface area contributed by atoms with Crippen LogP contribution in [0.2, 0.25) is 0 Å². The fraction of sp³-hybridized carbons (Fsp3) is 0.556. The number of ether oxygens (including phenoxy) is 4. The average molecular weight is 547 g/mol. The maximum atomic E-state index is 11.3. The number of carboxylic acid groups (broad SMARTS) is 2. The highest BCUT2D eigenvalue weighted by atomic mass is 16.5. The van der Waals surface area contributed by atoms with Crippen LogP contribution in [0, 0.1) is 0 Å². The molecule has 0 amide bonds. The summed E-state index contributed by atoms with van der Waals surface area (Å²) in [5.74, 6) is -2.10. The summed E-state index contributed by atoms with van der Waals surface area (Å²) in [7, 11) is 0. The SMILES string of the molecule is CC1COCCN(Cc2cccc(C(=O)O)n2)CCOCCOCCN(Cc2cccc(C(=O)O)n2)CCO1. The third-order valence-electron chi connectivity index (χ3n) is 6.01. The van der Waals surface area contributed by atoms with Crippen molar-refractivity contribution in [3.05, 3.63) is 59.2 Å². The van der Waals surface area contributed by atoms with E-state index in [4.69, 9.17) is 18.9 Å². The number of hydrogen-bond acceptors (Lipinski definition) is 10. The molecule has 0 spiro atoms. The Hall–Kier alpha value is -3.00. The van der Waals surface area contributed by atoms with E-state index in [1.54, 1.807) is 12.1 Å². The maximum absolute atomic E-state index is 11.3. The van der Waals surface area contributed by atoms with E-state index < -0.39 is 11.9 Å². The maximum Gasteiger partial charge on any atom is 0.354 e. The molecule has 0 aliphatic carbocycles. The second kappa shape index (κ2) is 16.9. The molecule has 1 aliphatic heterocycles. The number of hydrogen-bond donors (Lipinski definition) is 2. The zero-order valence-corrected chi connectivity index (χ0v) is 22.4. The Bertz CT molecular complexity index is 1040. The van der Waals surface area contributed by atoms with Crippen LogP contribution in [0.15, 0.2) is 36.4 Å². The van der Waals surface area contributed by atoms with Crippen molar-refractivity contribution in [2.24, 2.45) is 0 Å². The topological polar surface area (TPSA) is 144 Å². The summed E-state index contributed by atoms with van der Waals surface area (Å²) in [6, 6.07) is 9.97. The van der Waals surface area contributed by atoms with Crippen molar-refractivity contribution in [1.29, 1.82) is 0 Å². The third-order valence-corrected chi connectivity index (χ3v) is 6.01. The first kappa shape index (κ1) is 30.5. The number of carboxylic acids is 2. The van der Waals surface area contributed by atoms with Gasteiger partial charge in [-0.15, -0.1) is 0 Å². The molecule has 1 atom stereocenters. The van der Waals surface area contributed by atoms with Gasteiger partial charge in [0, 0.05) is 39.3 Å². The van der Waals surface area contributed by atoms with Crippen molar-refractivity contribution in [2.45, 2.75) is 26.1 Å². The summed E-state index contributed by atoms with van der Waals surface area (Å²) in [6.45, 7) is 8.67. The van der Waals surface area contributed by atoms with Crippen LogP contribution in [-0.4, -0.2) is 120 Å². The summed E-state index contributed by atoms with van der Waals surface area (Å²) >= 11 is 0. The molecule has 0 aromatic carbocycles. The van der Waals surface area contributed by atoms with Crippen molar-refractivity contribution in [3.8, 4) is 0 Å². The van der Waals surface area contributed by atoms with Gasteiger partial charge in [-0.3, -0.25) is 9.80 Å². The Labute approximate surface area is 228 Å². The van der Waals surface area contributed by atoms with Gasteiger partial charge in [0.2, 0.25) is 0 Å². The van der Waals surface area contributed by atoms with Crippen molar-refractivity contribution >= 4 is 11.9 Å². The van der Waals surface area contributed by atoms with Crippen LogP contribution in [0.4, 0.5) is 0 Å². The van der Waals surface area contributed by atoms with Crippen LogP contribution >= 0.6 is 0 Å². The minimum absolute atomic E-state index is 0.0212. The second-order valence-electron chi connectivity index (χ2n) is 9.17. The lowest BCUT2D eigenvalue weighted by molar-refractivity contribution is -0.0256. The van der Waals surface area contributed by atoms with Gasteiger partial charge in [0.15, 0.2) is 0 Å². The molecule has 12 nitrogen and oxygen atoms in total. The Morgan fingerprint density at radius 1 is 0.744 bits per heavy atom. The standard InChI is InChI=1S/C27H38N4O8/c1-21-20-38-14-10-30(18-22-4-2-6-24(28-22)26(32)33)8-12-36-16-17-37-13-9-31(11-15-39-21)19-23-5-3-7-25(29-23)27(34)35/h2-7,21H,8-20H2,1H3,(H,32,33)(H,34,35). The largest absolute Gasteiger partial charge is 0.477 e. The van der Waals surface area contributed by atoms with E-state index in [2.05, 4.69) is 19.8 Å². The second-order valence-corrected chi connectivity index (χ2v) is 9.17. The van der Waals surface area contributed by atoms with Crippen molar-refractivity contribution in [2.75, 3.05) is 72.4 Å². The highest BCUT2D eigenvalue weighted by Gasteiger charge is 2.13. The van der Waals surface area contributed by atoms with Gasteiger partial charge in [0.1, 0.15) is 11.4 Å². The quantitative estimate of drug-likeness (QED) is 0.544. The molecule has 0 bridgehead atoms. The molecule has 1 fully saturated rings. The van der Waals surface area contributed by atoms with E-state index in [0.29, 0.717) is 96.9 Å². The molecule has 1 saturated heterocycles. The van der Waals surface area contributed by atoms with Gasteiger partial charge in [-0.05, 0) is 31.2 Å². The summed E-state index contributed by atoms with van der Waals surface area (Å²) in [5, 5.41) is 18.5. The number of rotatable bonds is 6. The number of nitrogens with zero attached hydrogens (tertiary/aromatic N) is 4. The summed E-state index contributed by atoms with van der Waals surface area (Å²) in [5.41, 5.74) is 1.39. The van der Waals surface area contributed by atoms with E-state index >= 15 is 0 Å². The summed E-state index contributed by atoms with van der Waals surface area (Å²) < 4.78 is 23.3.